The Labute approximate surface area is 184 Å². The van der Waals surface area contributed by atoms with E-state index in [0.29, 0.717) is 21.5 Å². The summed E-state index contributed by atoms with van der Waals surface area (Å²) in [5.74, 6) is 0.470. The van der Waals surface area contributed by atoms with E-state index in [1.165, 1.54) is 6.07 Å². The predicted octanol–water partition coefficient (Wildman–Crippen LogP) is 3.73. The maximum Gasteiger partial charge on any atom is 0.261 e. The molecule has 1 aliphatic heterocycles. The maximum atomic E-state index is 12.2. The minimum Gasteiger partial charge on any atom is -0.490 e. The fraction of sp³-hybridized carbons (Fsp3) is 0.421. The van der Waals surface area contributed by atoms with E-state index in [1.807, 2.05) is 6.07 Å². The number of halogens is 2. The second kappa shape index (κ2) is 9.66. The molecule has 1 amide bonds. The van der Waals surface area contributed by atoms with E-state index >= 15 is 0 Å². The zero-order chi connectivity index (χ0) is 21.0. The minimum atomic E-state index is -3.28. The number of carbonyl (C=O) groups is 1. The molecule has 1 N–H and O–H groups in total. The van der Waals surface area contributed by atoms with Crippen molar-refractivity contribution in [2.75, 3.05) is 32.4 Å². The molecule has 29 heavy (non-hydrogen) atoms. The lowest BCUT2D eigenvalue weighted by Gasteiger charge is -2.32. The SMILES string of the molecule is CS(=O)(=O)c1ccc(C(=O)NCCN2CCC(Oc3ccc(Cl)c(Cl)c3)CC2)s1. The molecule has 1 aromatic carbocycles. The molecule has 1 aromatic heterocycles. The van der Waals surface area contributed by atoms with Gasteiger partial charge in [-0.25, -0.2) is 8.42 Å². The molecule has 10 heteroatoms. The van der Waals surface area contributed by atoms with E-state index in [4.69, 9.17) is 27.9 Å². The van der Waals surface area contributed by atoms with Crippen LogP contribution in [-0.2, 0) is 9.84 Å². The Balaban J connectivity index is 1.39. The molecule has 2 aromatic rings. The second-order valence-electron chi connectivity index (χ2n) is 6.88. The van der Waals surface area contributed by atoms with Gasteiger partial charge in [-0.1, -0.05) is 23.2 Å². The highest BCUT2D eigenvalue weighted by Gasteiger charge is 2.21. The van der Waals surface area contributed by atoms with Gasteiger partial charge in [0.1, 0.15) is 16.1 Å². The molecule has 0 radical (unpaired) electrons. The molecule has 0 atom stereocenters. The topological polar surface area (TPSA) is 75.7 Å². The van der Waals surface area contributed by atoms with Crippen molar-refractivity contribution in [1.29, 1.82) is 0 Å². The van der Waals surface area contributed by atoms with Gasteiger partial charge in [-0.3, -0.25) is 4.79 Å². The molecular formula is C19H22Cl2N2O4S2. The third kappa shape index (κ3) is 6.33. The van der Waals surface area contributed by atoms with Crippen LogP contribution >= 0.6 is 34.5 Å². The van der Waals surface area contributed by atoms with Crippen LogP contribution in [0.3, 0.4) is 0 Å². The zero-order valence-electron chi connectivity index (χ0n) is 15.9. The van der Waals surface area contributed by atoms with Gasteiger partial charge in [0.15, 0.2) is 9.84 Å². The standard InChI is InChI=1S/C19H22Cl2N2O4S2/c1-29(25,26)18-5-4-17(28-18)19(24)22-8-11-23-9-6-13(7-10-23)27-14-2-3-15(20)16(21)12-14/h2-5,12-13H,6-11H2,1H3,(H,22,24). The van der Waals surface area contributed by atoms with Gasteiger partial charge in [-0.2, -0.15) is 0 Å². The van der Waals surface area contributed by atoms with Crippen LogP contribution in [0.5, 0.6) is 5.75 Å². The van der Waals surface area contributed by atoms with Gasteiger partial charge in [-0.15, -0.1) is 11.3 Å². The summed E-state index contributed by atoms with van der Waals surface area (Å²) in [6.45, 7) is 2.98. The molecule has 0 unspecified atom stereocenters. The third-order valence-electron chi connectivity index (χ3n) is 4.61. The highest BCUT2D eigenvalue weighted by molar-refractivity contribution is 7.92. The second-order valence-corrected chi connectivity index (χ2v) is 11.0. The molecular weight excluding hydrogens is 455 g/mol. The number of benzene rings is 1. The van der Waals surface area contributed by atoms with Crippen molar-refractivity contribution in [3.8, 4) is 5.75 Å². The van der Waals surface area contributed by atoms with Crippen molar-refractivity contribution in [1.82, 2.24) is 10.2 Å². The number of nitrogens with one attached hydrogen (secondary N) is 1. The summed E-state index contributed by atoms with van der Waals surface area (Å²) in [5, 5.41) is 3.83. The number of hydrogen-bond acceptors (Lipinski definition) is 6. The number of thiophene rings is 1. The molecule has 6 nitrogen and oxygen atoms in total. The summed E-state index contributed by atoms with van der Waals surface area (Å²) in [7, 11) is -3.28. The van der Waals surface area contributed by atoms with Crippen molar-refractivity contribution < 1.29 is 17.9 Å². The molecule has 1 saturated heterocycles. The Bertz CT molecular complexity index is 970. The third-order valence-corrected chi connectivity index (χ3v) is 8.26. The van der Waals surface area contributed by atoms with Gasteiger partial charge in [0.25, 0.3) is 5.91 Å². The van der Waals surface area contributed by atoms with Crippen molar-refractivity contribution in [3.63, 3.8) is 0 Å². The normalized spacial score (nSPS) is 16.0. The van der Waals surface area contributed by atoms with E-state index in [0.717, 1.165) is 55.8 Å². The Hall–Kier alpha value is -1.32. The van der Waals surface area contributed by atoms with Crippen LogP contribution in [0.4, 0.5) is 0 Å². The van der Waals surface area contributed by atoms with Crippen LogP contribution in [-0.4, -0.2) is 57.8 Å². The highest BCUT2D eigenvalue weighted by Crippen LogP contribution is 2.28. The summed E-state index contributed by atoms with van der Waals surface area (Å²) in [5.41, 5.74) is 0. The molecule has 0 saturated carbocycles. The summed E-state index contributed by atoms with van der Waals surface area (Å²) in [6.07, 6.45) is 3.03. The largest absolute Gasteiger partial charge is 0.490 e. The van der Waals surface area contributed by atoms with Crippen LogP contribution < -0.4 is 10.1 Å². The van der Waals surface area contributed by atoms with Crippen molar-refractivity contribution in [2.24, 2.45) is 0 Å². The number of likely N-dealkylation sites (tertiary alicyclic amines) is 1. The van der Waals surface area contributed by atoms with Crippen molar-refractivity contribution in [2.45, 2.75) is 23.2 Å². The molecule has 0 spiro atoms. The molecule has 3 rings (SSSR count). The molecule has 0 aliphatic carbocycles. The first-order valence-corrected chi connectivity index (χ1v) is 12.6. The van der Waals surface area contributed by atoms with E-state index in [2.05, 4.69) is 10.2 Å². The fourth-order valence-electron chi connectivity index (χ4n) is 3.05. The predicted molar refractivity (Wildman–Crippen MR) is 116 cm³/mol. The van der Waals surface area contributed by atoms with E-state index < -0.39 is 9.84 Å². The average Bonchev–Trinajstić information content (AvgIpc) is 3.17. The van der Waals surface area contributed by atoms with Gasteiger partial charge in [0.2, 0.25) is 0 Å². The van der Waals surface area contributed by atoms with E-state index in [1.54, 1.807) is 18.2 Å². The molecule has 158 valence electrons. The summed E-state index contributed by atoms with van der Waals surface area (Å²) >= 11 is 12.9. The fourth-order valence-corrected chi connectivity index (χ4v) is 5.18. The van der Waals surface area contributed by atoms with E-state index in [9.17, 15) is 13.2 Å². The first kappa shape index (κ1) is 22.4. The number of rotatable bonds is 7. The first-order chi connectivity index (χ1) is 13.7. The van der Waals surface area contributed by atoms with Crippen LogP contribution in [0.1, 0.15) is 22.5 Å². The number of amides is 1. The molecule has 1 fully saturated rings. The summed E-state index contributed by atoms with van der Waals surface area (Å²) in [6, 6.07) is 8.28. The number of nitrogens with zero attached hydrogens (tertiary/aromatic N) is 1. The van der Waals surface area contributed by atoms with Gasteiger partial charge >= 0.3 is 0 Å². The first-order valence-electron chi connectivity index (χ1n) is 9.14. The van der Waals surface area contributed by atoms with Crippen LogP contribution in [0, 0.1) is 0 Å². The van der Waals surface area contributed by atoms with Crippen molar-refractivity contribution in [3.05, 3.63) is 45.3 Å². The van der Waals surface area contributed by atoms with Crippen LogP contribution in [0.15, 0.2) is 34.5 Å². The van der Waals surface area contributed by atoms with Crippen molar-refractivity contribution >= 4 is 50.3 Å². The van der Waals surface area contributed by atoms with E-state index in [-0.39, 0.29) is 16.2 Å². The molecule has 1 aliphatic rings. The van der Waals surface area contributed by atoms with Gasteiger partial charge in [0, 0.05) is 38.5 Å². The smallest absolute Gasteiger partial charge is 0.261 e. The molecule has 0 bridgehead atoms. The number of sulfone groups is 1. The Morgan fingerprint density at radius 3 is 2.55 bits per heavy atom. The summed E-state index contributed by atoms with van der Waals surface area (Å²) in [4.78, 5) is 14.9. The number of ether oxygens (including phenoxy) is 1. The summed E-state index contributed by atoms with van der Waals surface area (Å²) < 4.78 is 29.2. The average molecular weight is 477 g/mol. The van der Waals surface area contributed by atoms with Crippen LogP contribution in [0.2, 0.25) is 10.0 Å². The lowest BCUT2D eigenvalue weighted by molar-refractivity contribution is 0.0908. The Morgan fingerprint density at radius 1 is 1.21 bits per heavy atom. The quantitative estimate of drug-likeness (QED) is 0.658. The van der Waals surface area contributed by atoms with Crippen LogP contribution in [0.25, 0.3) is 0 Å². The number of carbonyl (C=O) groups excluding carboxylic acids is 1. The number of hydrogen-bond donors (Lipinski definition) is 1. The Morgan fingerprint density at radius 2 is 1.93 bits per heavy atom. The van der Waals surface area contributed by atoms with Gasteiger partial charge in [0.05, 0.1) is 14.9 Å². The zero-order valence-corrected chi connectivity index (χ0v) is 19.0. The molecule has 2 heterocycles. The van der Waals surface area contributed by atoms with Gasteiger partial charge < -0.3 is 15.0 Å². The number of piperidine rings is 1. The monoisotopic (exact) mass is 476 g/mol. The highest BCUT2D eigenvalue weighted by atomic mass is 35.5. The lowest BCUT2D eigenvalue weighted by atomic mass is 10.1. The lowest BCUT2D eigenvalue weighted by Crippen LogP contribution is -2.42. The maximum absolute atomic E-state index is 12.2. The van der Waals surface area contributed by atoms with Gasteiger partial charge in [-0.05, 0) is 37.1 Å². The Kier molecular flexibility index (Phi) is 7.45. The minimum absolute atomic E-state index is 0.124.